The Kier molecular flexibility index (Phi) is 5.48. The van der Waals surface area contributed by atoms with Crippen molar-refractivity contribution in [2.45, 2.75) is 12.8 Å². The van der Waals surface area contributed by atoms with Crippen LogP contribution in [0.1, 0.15) is 12.0 Å². The third-order valence-electron chi connectivity index (χ3n) is 2.18. The van der Waals surface area contributed by atoms with E-state index in [1.54, 1.807) is 0 Å². The minimum absolute atomic E-state index is 0.111. The SMILES string of the molecule is CNCCC(=O)NCCc1ccccc1. The van der Waals surface area contributed by atoms with Crippen molar-refractivity contribution in [2.75, 3.05) is 20.1 Å². The lowest BCUT2D eigenvalue weighted by Gasteiger charge is -2.04. The molecule has 0 saturated heterocycles. The monoisotopic (exact) mass is 206 g/mol. The highest BCUT2D eigenvalue weighted by Crippen LogP contribution is 1.97. The quantitative estimate of drug-likeness (QED) is 0.727. The van der Waals surface area contributed by atoms with Crippen LogP contribution in [0.15, 0.2) is 30.3 Å². The lowest BCUT2D eigenvalue weighted by atomic mass is 10.1. The van der Waals surface area contributed by atoms with Gasteiger partial charge in [0.15, 0.2) is 0 Å². The number of nitrogens with one attached hydrogen (secondary N) is 2. The first-order valence-corrected chi connectivity index (χ1v) is 5.28. The third kappa shape index (κ3) is 5.18. The smallest absolute Gasteiger partial charge is 0.221 e. The van der Waals surface area contributed by atoms with Crippen molar-refractivity contribution in [2.24, 2.45) is 0 Å². The lowest BCUT2D eigenvalue weighted by Crippen LogP contribution is -2.28. The summed E-state index contributed by atoms with van der Waals surface area (Å²) in [6.45, 7) is 1.45. The van der Waals surface area contributed by atoms with Crippen LogP contribution in [0.3, 0.4) is 0 Å². The fourth-order valence-electron chi connectivity index (χ4n) is 1.32. The van der Waals surface area contributed by atoms with E-state index in [0.717, 1.165) is 13.0 Å². The molecule has 0 radical (unpaired) electrons. The van der Waals surface area contributed by atoms with Gasteiger partial charge in [-0.25, -0.2) is 0 Å². The fraction of sp³-hybridized carbons (Fsp3) is 0.417. The first kappa shape index (κ1) is 11.7. The van der Waals surface area contributed by atoms with Crippen LogP contribution < -0.4 is 10.6 Å². The minimum atomic E-state index is 0.111. The summed E-state index contributed by atoms with van der Waals surface area (Å²) in [5, 5.41) is 5.83. The Hall–Kier alpha value is -1.35. The summed E-state index contributed by atoms with van der Waals surface area (Å²) in [7, 11) is 1.84. The van der Waals surface area contributed by atoms with Crippen molar-refractivity contribution in [1.29, 1.82) is 0 Å². The summed E-state index contributed by atoms with van der Waals surface area (Å²) in [5.41, 5.74) is 1.26. The average molecular weight is 206 g/mol. The van der Waals surface area contributed by atoms with Gasteiger partial charge in [0.05, 0.1) is 0 Å². The molecular weight excluding hydrogens is 188 g/mol. The van der Waals surface area contributed by atoms with Gasteiger partial charge in [-0.3, -0.25) is 4.79 Å². The molecule has 0 aliphatic carbocycles. The van der Waals surface area contributed by atoms with Crippen LogP contribution >= 0.6 is 0 Å². The molecule has 0 aromatic heterocycles. The molecule has 0 fully saturated rings. The summed E-state index contributed by atoms with van der Waals surface area (Å²) >= 11 is 0. The second-order valence-electron chi connectivity index (χ2n) is 3.44. The third-order valence-corrected chi connectivity index (χ3v) is 2.18. The van der Waals surface area contributed by atoms with Crippen molar-refractivity contribution in [3.05, 3.63) is 35.9 Å². The molecular formula is C12H18N2O. The summed E-state index contributed by atoms with van der Waals surface area (Å²) in [6.07, 6.45) is 1.44. The van der Waals surface area contributed by atoms with E-state index in [-0.39, 0.29) is 5.91 Å². The first-order valence-electron chi connectivity index (χ1n) is 5.28. The van der Waals surface area contributed by atoms with Gasteiger partial charge in [0.1, 0.15) is 0 Å². The van der Waals surface area contributed by atoms with E-state index in [4.69, 9.17) is 0 Å². The highest BCUT2D eigenvalue weighted by molar-refractivity contribution is 5.76. The van der Waals surface area contributed by atoms with Crippen molar-refractivity contribution in [1.82, 2.24) is 10.6 Å². The highest BCUT2D eigenvalue weighted by Gasteiger charge is 1.98. The van der Waals surface area contributed by atoms with Crippen LogP contribution in [-0.2, 0) is 11.2 Å². The minimum Gasteiger partial charge on any atom is -0.356 e. The van der Waals surface area contributed by atoms with Gasteiger partial charge in [-0.1, -0.05) is 30.3 Å². The summed E-state index contributed by atoms with van der Waals surface area (Å²) in [4.78, 5) is 11.2. The van der Waals surface area contributed by atoms with Crippen LogP contribution in [0.5, 0.6) is 0 Å². The maximum atomic E-state index is 11.2. The molecule has 15 heavy (non-hydrogen) atoms. The van der Waals surface area contributed by atoms with E-state index in [0.29, 0.717) is 13.0 Å². The van der Waals surface area contributed by atoms with Crippen molar-refractivity contribution in [3.8, 4) is 0 Å². The molecule has 1 aromatic carbocycles. The van der Waals surface area contributed by atoms with E-state index in [1.807, 2.05) is 25.2 Å². The number of carbonyl (C=O) groups excluding carboxylic acids is 1. The van der Waals surface area contributed by atoms with E-state index >= 15 is 0 Å². The van der Waals surface area contributed by atoms with Crippen LogP contribution in [0.25, 0.3) is 0 Å². The lowest BCUT2D eigenvalue weighted by molar-refractivity contribution is -0.120. The topological polar surface area (TPSA) is 41.1 Å². The van der Waals surface area contributed by atoms with E-state index in [2.05, 4.69) is 22.8 Å². The molecule has 0 unspecified atom stereocenters. The van der Waals surface area contributed by atoms with Gasteiger partial charge < -0.3 is 10.6 Å². The molecule has 0 heterocycles. The van der Waals surface area contributed by atoms with Gasteiger partial charge in [-0.15, -0.1) is 0 Å². The summed E-state index contributed by atoms with van der Waals surface area (Å²) < 4.78 is 0. The Bertz CT molecular complexity index is 285. The van der Waals surface area contributed by atoms with Crippen LogP contribution in [0.4, 0.5) is 0 Å². The molecule has 3 nitrogen and oxygen atoms in total. The van der Waals surface area contributed by atoms with Gasteiger partial charge in [0, 0.05) is 19.5 Å². The zero-order chi connectivity index (χ0) is 10.9. The molecule has 1 aromatic rings. The number of carbonyl (C=O) groups is 1. The first-order chi connectivity index (χ1) is 7.33. The Morgan fingerprint density at radius 2 is 1.93 bits per heavy atom. The molecule has 0 saturated carbocycles. The molecule has 1 rings (SSSR count). The Balaban J connectivity index is 2.14. The van der Waals surface area contributed by atoms with Gasteiger partial charge in [-0.05, 0) is 19.0 Å². The molecule has 0 atom stereocenters. The predicted molar refractivity (Wildman–Crippen MR) is 61.7 cm³/mol. The van der Waals surface area contributed by atoms with Gasteiger partial charge in [-0.2, -0.15) is 0 Å². The highest BCUT2D eigenvalue weighted by atomic mass is 16.1. The summed E-state index contributed by atoms with van der Waals surface area (Å²) in [6, 6.07) is 10.2. The number of hydrogen-bond donors (Lipinski definition) is 2. The molecule has 0 bridgehead atoms. The number of hydrogen-bond acceptors (Lipinski definition) is 2. The van der Waals surface area contributed by atoms with Crippen molar-refractivity contribution < 1.29 is 4.79 Å². The predicted octanol–water partition coefficient (Wildman–Crippen LogP) is 0.955. The van der Waals surface area contributed by atoms with E-state index in [1.165, 1.54) is 5.56 Å². The molecule has 2 N–H and O–H groups in total. The van der Waals surface area contributed by atoms with Gasteiger partial charge in [0.2, 0.25) is 5.91 Å². The second-order valence-corrected chi connectivity index (χ2v) is 3.44. The van der Waals surface area contributed by atoms with Crippen molar-refractivity contribution >= 4 is 5.91 Å². The van der Waals surface area contributed by atoms with Gasteiger partial charge >= 0.3 is 0 Å². The summed E-state index contributed by atoms with van der Waals surface area (Å²) in [5.74, 6) is 0.111. The molecule has 0 spiro atoms. The molecule has 0 aliphatic heterocycles. The molecule has 1 amide bonds. The Morgan fingerprint density at radius 1 is 1.20 bits per heavy atom. The van der Waals surface area contributed by atoms with Crippen LogP contribution in [0.2, 0.25) is 0 Å². The number of benzene rings is 1. The van der Waals surface area contributed by atoms with E-state index in [9.17, 15) is 4.79 Å². The molecule has 3 heteroatoms. The maximum absolute atomic E-state index is 11.2. The van der Waals surface area contributed by atoms with Crippen molar-refractivity contribution in [3.63, 3.8) is 0 Å². The largest absolute Gasteiger partial charge is 0.356 e. The second kappa shape index (κ2) is 7.01. The normalized spacial score (nSPS) is 9.93. The zero-order valence-corrected chi connectivity index (χ0v) is 9.12. The molecule has 82 valence electrons. The number of rotatable bonds is 6. The molecule has 0 aliphatic rings. The number of amides is 1. The Morgan fingerprint density at radius 3 is 2.60 bits per heavy atom. The maximum Gasteiger partial charge on any atom is 0.221 e. The van der Waals surface area contributed by atoms with Crippen LogP contribution in [-0.4, -0.2) is 26.0 Å². The van der Waals surface area contributed by atoms with Gasteiger partial charge in [0.25, 0.3) is 0 Å². The fourth-order valence-corrected chi connectivity index (χ4v) is 1.32. The van der Waals surface area contributed by atoms with Crippen LogP contribution in [0, 0.1) is 0 Å². The average Bonchev–Trinajstić information content (AvgIpc) is 2.28. The standard InChI is InChI=1S/C12H18N2O/c1-13-9-8-12(15)14-10-7-11-5-3-2-4-6-11/h2-6,13H,7-10H2,1H3,(H,14,15). The van der Waals surface area contributed by atoms with E-state index < -0.39 is 0 Å². The zero-order valence-electron chi connectivity index (χ0n) is 9.12. The Labute approximate surface area is 90.9 Å².